The molecule has 6 heteroatoms. The predicted octanol–water partition coefficient (Wildman–Crippen LogP) is 1.28. The van der Waals surface area contributed by atoms with E-state index in [0.29, 0.717) is 12.0 Å². The molecule has 0 spiro atoms. The summed E-state index contributed by atoms with van der Waals surface area (Å²) in [4.78, 5) is 28.2. The summed E-state index contributed by atoms with van der Waals surface area (Å²) in [6.45, 7) is 3.29. The lowest BCUT2D eigenvalue weighted by Crippen LogP contribution is -2.42. The van der Waals surface area contributed by atoms with Crippen LogP contribution in [0.1, 0.15) is 36.3 Å². The van der Waals surface area contributed by atoms with Crippen molar-refractivity contribution in [3.63, 3.8) is 0 Å². The average Bonchev–Trinajstić information content (AvgIpc) is 2.43. The first-order valence-electron chi connectivity index (χ1n) is 5.88. The minimum Gasteiger partial charge on any atom is -0.480 e. The highest BCUT2D eigenvalue weighted by Crippen LogP contribution is 2.09. The maximum absolute atomic E-state index is 12.2. The van der Waals surface area contributed by atoms with Gasteiger partial charge < -0.3 is 10.0 Å². The van der Waals surface area contributed by atoms with Crippen LogP contribution in [-0.4, -0.2) is 39.5 Å². The van der Waals surface area contributed by atoms with Crippen LogP contribution in [0.2, 0.25) is 0 Å². The molecule has 1 heterocycles. The van der Waals surface area contributed by atoms with Crippen molar-refractivity contribution in [2.24, 2.45) is 0 Å². The summed E-state index contributed by atoms with van der Waals surface area (Å²) in [5.41, 5.74) is 0.491. The number of rotatable bonds is 5. The number of hydrogen-bond donors (Lipinski definition) is 1. The number of hydrogen-bond acceptors (Lipinski definition) is 4. The van der Waals surface area contributed by atoms with Gasteiger partial charge >= 0.3 is 5.97 Å². The van der Waals surface area contributed by atoms with Crippen molar-refractivity contribution >= 4 is 11.9 Å². The molecule has 1 unspecified atom stereocenters. The van der Waals surface area contributed by atoms with Gasteiger partial charge in [-0.2, -0.15) is 5.26 Å². The molecule has 0 saturated heterocycles. The molecule has 1 aromatic rings. The van der Waals surface area contributed by atoms with Crippen LogP contribution in [0.25, 0.3) is 0 Å². The van der Waals surface area contributed by atoms with Gasteiger partial charge in [-0.05, 0) is 25.5 Å². The summed E-state index contributed by atoms with van der Waals surface area (Å²) in [7, 11) is 0. The number of amides is 1. The molecule has 6 nitrogen and oxygen atoms in total. The van der Waals surface area contributed by atoms with Crippen molar-refractivity contribution in [1.82, 2.24) is 9.88 Å². The topological polar surface area (TPSA) is 94.3 Å². The predicted molar refractivity (Wildman–Crippen MR) is 67.4 cm³/mol. The second-order valence-electron chi connectivity index (χ2n) is 4.13. The lowest BCUT2D eigenvalue weighted by atomic mass is 10.2. The smallest absolute Gasteiger partial charge is 0.323 e. The van der Waals surface area contributed by atoms with Crippen LogP contribution < -0.4 is 0 Å². The Morgan fingerprint density at radius 1 is 1.53 bits per heavy atom. The Balaban J connectivity index is 2.97. The third kappa shape index (κ3) is 3.78. The van der Waals surface area contributed by atoms with E-state index in [4.69, 9.17) is 10.4 Å². The fraction of sp³-hybridized carbons (Fsp3) is 0.385. The molecule has 0 bridgehead atoms. The van der Waals surface area contributed by atoms with E-state index in [0.717, 1.165) is 0 Å². The molecule has 0 saturated carbocycles. The lowest BCUT2D eigenvalue weighted by Gasteiger charge is -2.26. The second kappa shape index (κ2) is 6.50. The highest BCUT2D eigenvalue weighted by molar-refractivity contribution is 5.94. The van der Waals surface area contributed by atoms with E-state index >= 15 is 0 Å². The number of aliphatic carboxylic acids is 1. The van der Waals surface area contributed by atoms with Gasteiger partial charge in [0.25, 0.3) is 5.91 Å². The Hall–Kier alpha value is -2.42. The normalized spacial score (nSPS) is 11.4. The number of carboxylic acid groups (broad SMARTS) is 1. The molecule has 0 aliphatic heterocycles. The molecule has 1 N–H and O–H groups in total. The molecule has 0 fully saturated rings. The van der Waals surface area contributed by atoms with Gasteiger partial charge in [-0.25, -0.2) is 4.98 Å². The average molecular weight is 261 g/mol. The molecule has 1 rings (SSSR count). The Kier molecular flexibility index (Phi) is 5.01. The standard InChI is InChI=1S/C13H15N3O3/c1-3-9(2)16(8-12(17)18)13(19)11-5-4-10(6-14)7-15-11/h4-5,7,9H,3,8H2,1-2H3,(H,17,18). The number of carbonyl (C=O) groups is 2. The highest BCUT2D eigenvalue weighted by atomic mass is 16.4. The Bertz CT molecular complexity index is 505. The fourth-order valence-corrected chi connectivity index (χ4v) is 1.53. The van der Waals surface area contributed by atoms with Crippen LogP contribution in [0.4, 0.5) is 0 Å². The van der Waals surface area contributed by atoms with Crippen LogP contribution in [0.15, 0.2) is 18.3 Å². The number of nitrogens with zero attached hydrogens (tertiary/aromatic N) is 3. The lowest BCUT2D eigenvalue weighted by molar-refractivity contribution is -0.138. The molecular weight excluding hydrogens is 246 g/mol. The van der Waals surface area contributed by atoms with Crippen LogP contribution in [0.3, 0.4) is 0 Å². The summed E-state index contributed by atoms with van der Waals surface area (Å²) in [5.74, 6) is -1.51. The van der Waals surface area contributed by atoms with Gasteiger partial charge in [0.15, 0.2) is 0 Å². The van der Waals surface area contributed by atoms with Crippen LogP contribution in [-0.2, 0) is 4.79 Å². The fourth-order valence-electron chi connectivity index (χ4n) is 1.53. The minimum absolute atomic E-state index is 0.139. The first-order chi connectivity index (χ1) is 8.99. The van der Waals surface area contributed by atoms with E-state index in [9.17, 15) is 9.59 Å². The first kappa shape index (κ1) is 14.6. The number of aromatic nitrogens is 1. The van der Waals surface area contributed by atoms with Crippen molar-refractivity contribution in [3.05, 3.63) is 29.6 Å². The summed E-state index contributed by atoms with van der Waals surface area (Å²) in [6, 6.07) is 4.62. The summed E-state index contributed by atoms with van der Waals surface area (Å²) in [6.07, 6.45) is 1.94. The van der Waals surface area contributed by atoms with E-state index in [-0.39, 0.29) is 18.3 Å². The molecule has 100 valence electrons. The zero-order valence-electron chi connectivity index (χ0n) is 10.8. The maximum Gasteiger partial charge on any atom is 0.323 e. The molecule has 0 radical (unpaired) electrons. The number of nitriles is 1. The maximum atomic E-state index is 12.2. The van der Waals surface area contributed by atoms with Crippen molar-refractivity contribution in [2.75, 3.05) is 6.54 Å². The monoisotopic (exact) mass is 261 g/mol. The molecule has 0 aliphatic carbocycles. The Morgan fingerprint density at radius 2 is 2.21 bits per heavy atom. The van der Waals surface area contributed by atoms with Gasteiger partial charge in [-0.3, -0.25) is 9.59 Å². The largest absolute Gasteiger partial charge is 0.480 e. The van der Waals surface area contributed by atoms with Gasteiger partial charge in [0.2, 0.25) is 0 Å². The first-order valence-corrected chi connectivity index (χ1v) is 5.88. The molecule has 1 aromatic heterocycles. The number of carboxylic acids is 1. The molecule has 0 aliphatic rings. The van der Waals surface area contributed by atoms with E-state index in [1.807, 2.05) is 13.0 Å². The summed E-state index contributed by atoms with van der Waals surface area (Å²) >= 11 is 0. The summed E-state index contributed by atoms with van der Waals surface area (Å²) < 4.78 is 0. The highest BCUT2D eigenvalue weighted by Gasteiger charge is 2.23. The van der Waals surface area contributed by atoms with Gasteiger partial charge in [-0.15, -0.1) is 0 Å². The summed E-state index contributed by atoms with van der Waals surface area (Å²) in [5, 5.41) is 17.5. The van der Waals surface area contributed by atoms with Crippen LogP contribution >= 0.6 is 0 Å². The second-order valence-corrected chi connectivity index (χ2v) is 4.13. The minimum atomic E-state index is -1.07. The van der Waals surface area contributed by atoms with Crippen LogP contribution in [0, 0.1) is 11.3 Å². The van der Waals surface area contributed by atoms with E-state index < -0.39 is 11.9 Å². The number of pyridine rings is 1. The zero-order chi connectivity index (χ0) is 14.4. The SMILES string of the molecule is CCC(C)N(CC(=O)O)C(=O)c1ccc(C#N)cn1. The van der Waals surface area contributed by atoms with Crippen molar-refractivity contribution in [2.45, 2.75) is 26.3 Å². The van der Waals surface area contributed by atoms with Crippen molar-refractivity contribution in [1.29, 1.82) is 5.26 Å². The molecule has 19 heavy (non-hydrogen) atoms. The van der Waals surface area contributed by atoms with Crippen molar-refractivity contribution in [3.8, 4) is 6.07 Å². The third-order valence-electron chi connectivity index (χ3n) is 2.80. The quantitative estimate of drug-likeness (QED) is 0.861. The van der Waals surface area contributed by atoms with E-state index in [2.05, 4.69) is 4.98 Å². The van der Waals surface area contributed by atoms with Gasteiger partial charge in [0.1, 0.15) is 18.3 Å². The zero-order valence-corrected chi connectivity index (χ0v) is 10.8. The Labute approximate surface area is 111 Å². The molecule has 0 aromatic carbocycles. The molecule has 1 atom stereocenters. The van der Waals surface area contributed by atoms with Gasteiger partial charge in [-0.1, -0.05) is 6.92 Å². The van der Waals surface area contributed by atoms with E-state index in [1.54, 1.807) is 6.92 Å². The van der Waals surface area contributed by atoms with Gasteiger partial charge in [0.05, 0.1) is 5.56 Å². The number of carbonyl (C=O) groups excluding carboxylic acids is 1. The van der Waals surface area contributed by atoms with Gasteiger partial charge in [0, 0.05) is 12.2 Å². The molecular formula is C13H15N3O3. The molecule has 1 amide bonds. The van der Waals surface area contributed by atoms with Crippen molar-refractivity contribution < 1.29 is 14.7 Å². The van der Waals surface area contributed by atoms with Crippen LogP contribution in [0.5, 0.6) is 0 Å². The third-order valence-corrected chi connectivity index (χ3v) is 2.80. The Morgan fingerprint density at radius 3 is 2.63 bits per heavy atom. The van der Waals surface area contributed by atoms with E-state index in [1.165, 1.54) is 23.2 Å².